The highest BCUT2D eigenvalue weighted by atomic mass is 35.5. The molecule has 0 heterocycles. The quantitative estimate of drug-likeness (QED) is 0.187. The fraction of sp³-hybridized carbons (Fsp3) is 0.406. The molecule has 1 atom stereocenters. The number of hydrogen-bond donors (Lipinski definition) is 1. The molecule has 41 heavy (non-hydrogen) atoms. The topological polar surface area (TPSA) is 74.0 Å². The van der Waals surface area contributed by atoms with Crippen molar-refractivity contribution < 1.29 is 19.0 Å². The van der Waals surface area contributed by atoms with Crippen LogP contribution in [-0.4, -0.2) is 50.3 Å². The highest BCUT2D eigenvalue weighted by Gasteiger charge is 2.35. The average molecular weight is 620 g/mol. The van der Waals surface area contributed by atoms with E-state index in [1.807, 2.05) is 60.4 Å². The summed E-state index contributed by atoms with van der Waals surface area (Å²) in [6.07, 6.45) is 3.35. The van der Waals surface area contributed by atoms with Crippen molar-refractivity contribution in [1.29, 1.82) is 0 Å². The lowest BCUT2D eigenvalue weighted by Crippen LogP contribution is -2.41. The SMILES string of the molecule is COCCc1ccc(Cl)c(CN(C(=O)C(CN)Cc2ccc(OCCOc3c(Cl)cc(C)cc3Cl)cc2)C2CC2)c1. The van der Waals surface area contributed by atoms with Crippen molar-refractivity contribution in [3.63, 3.8) is 0 Å². The third-order valence-corrected chi connectivity index (χ3v) is 8.03. The van der Waals surface area contributed by atoms with E-state index in [0.717, 1.165) is 41.5 Å². The van der Waals surface area contributed by atoms with Crippen LogP contribution in [0.4, 0.5) is 0 Å². The lowest BCUT2D eigenvalue weighted by atomic mass is 9.97. The van der Waals surface area contributed by atoms with E-state index in [9.17, 15) is 4.79 Å². The maximum atomic E-state index is 13.7. The Bertz CT molecular complexity index is 1290. The zero-order chi connectivity index (χ0) is 29.4. The van der Waals surface area contributed by atoms with Gasteiger partial charge in [0, 0.05) is 31.3 Å². The minimum absolute atomic E-state index is 0.0688. The molecule has 0 saturated heterocycles. The van der Waals surface area contributed by atoms with Gasteiger partial charge in [-0.1, -0.05) is 59.1 Å². The van der Waals surface area contributed by atoms with Crippen LogP contribution in [0.1, 0.15) is 35.1 Å². The predicted octanol–water partition coefficient (Wildman–Crippen LogP) is 6.91. The van der Waals surface area contributed by atoms with Gasteiger partial charge in [-0.25, -0.2) is 0 Å². The molecular formula is C32H37Cl3N2O4. The molecule has 0 spiro atoms. The molecule has 1 unspecified atom stereocenters. The largest absolute Gasteiger partial charge is 0.490 e. The zero-order valence-electron chi connectivity index (χ0n) is 23.5. The second-order valence-corrected chi connectivity index (χ2v) is 11.6. The minimum atomic E-state index is -0.324. The van der Waals surface area contributed by atoms with E-state index >= 15 is 0 Å². The van der Waals surface area contributed by atoms with Crippen molar-refractivity contribution in [2.45, 2.75) is 45.2 Å². The van der Waals surface area contributed by atoms with E-state index in [4.69, 9.17) is 54.7 Å². The molecule has 220 valence electrons. The van der Waals surface area contributed by atoms with Crippen LogP contribution in [0.3, 0.4) is 0 Å². The van der Waals surface area contributed by atoms with E-state index in [2.05, 4.69) is 6.07 Å². The maximum Gasteiger partial charge on any atom is 0.227 e. The van der Waals surface area contributed by atoms with Crippen molar-refractivity contribution in [1.82, 2.24) is 4.90 Å². The molecule has 1 fully saturated rings. The summed E-state index contributed by atoms with van der Waals surface area (Å²) in [7, 11) is 1.69. The van der Waals surface area contributed by atoms with Gasteiger partial charge in [-0.3, -0.25) is 4.79 Å². The summed E-state index contributed by atoms with van der Waals surface area (Å²) in [6, 6.07) is 17.6. The van der Waals surface area contributed by atoms with Gasteiger partial charge in [0.1, 0.15) is 19.0 Å². The summed E-state index contributed by atoms with van der Waals surface area (Å²) < 4.78 is 16.8. The van der Waals surface area contributed by atoms with Gasteiger partial charge in [-0.15, -0.1) is 0 Å². The molecule has 9 heteroatoms. The fourth-order valence-electron chi connectivity index (χ4n) is 4.72. The number of carbonyl (C=O) groups is 1. The van der Waals surface area contributed by atoms with Crippen LogP contribution in [0.15, 0.2) is 54.6 Å². The Morgan fingerprint density at radius 3 is 2.22 bits per heavy atom. The molecule has 0 aromatic heterocycles. The molecule has 3 aromatic rings. The number of amides is 1. The van der Waals surface area contributed by atoms with Crippen LogP contribution >= 0.6 is 34.8 Å². The molecule has 6 nitrogen and oxygen atoms in total. The molecular weight excluding hydrogens is 583 g/mol. The summed E-state index contributed by atoms with van der Waals surface area (Å²) >= 11 is 19.0. The Balaban J connectivity index is 1.32. The summed E-state index contributed by atoms with van der Waals surface area (Å²) in [4.78, 5) is 15.6. The number of nitrogens with two attached hydrogens (primary N) is 1. The van der Waals surface area contributed by atoms with Crippen LogP contribution in [0.25, 0.3) is 0 Å². The Morgan fingerprint density at radius 1 is 0.927 bits per heavy atom. The molecule has 4 rings (SSSR count). The minimum Gasteiger partial charge on any atom is -0.490 e. The first kappa shape index (κ1) is 31.5. The van der Waals surface area contributed by atoms with E-state index in [1.54, 1.807) is 7.11 Å². The summed E-state index contributed by atoms with van der Waals surface area (Å²) in [6.45, 7) is 3.93. The average Bonchev–Trinajstić information content (AvgIpc) is 3.79. The third-order valence-electron chi connectivity index (χ3n) is 7.10. The van der Waals surface area contributed by atoms with Crippen LogP contribution in [0.5, 0.6) is 11.5 Å². The van der Waals surface area contributed by atoms with Gasteiger partial charge in [0.15, 0.2) is 5.75 Å². The van der Waals surface area contributed by atoms with Crippen molar-refractivity contribution in [2.24, 2.45) is 11.7 Å². The first-order valence-electron chi connectivity index (χ1n) is 13.9. The molecule has 1 aliphatic rings. The van der Waals surface area contributed by atoms with Crippen LogP contribution in [0, 0.1) is 12.8 Å². The highest BCUT2D eigenvalue weighted by Crippen LogP contribution is 2.34. The van der Waals surface area contributed by atoms with Crippen molar-refractivity contribution in [2.75, 3.05) is 33.5 Å². The number of ether oxygens (including phenoxy) is 3. The molecule has 0 radical (unpaired) electrons. The summed E-state index contributed by atoms with van der Waals surface area (Å²) in [5.41, 5.74) is 10.2. The van der Waals surface area contributed by atoms with Gasteiger partial charge in [-0.05, 0) is 85.2 Å². The Kier molecular flexibility index (Phi) is 11.6. The lowest BCUT2D eigenvalue weighted by molar-refractivity contribution is -0.136. The first-order chi connectivity index (χ1) is 19.8. The Labute approximate surface area is 257 Å². The van der Waals surface area contributed by atoms with Gasteiger partial charge in [0.2, 0.25) is 5.91 Å². The second-order valence-electron chi connectivity index (χ2n) is 10.4. The number of halogens is 3. The van der Waals surface area contributed by atoms with Gasteiger partial charge in [0.25, 0.3) is 0 Å². The predicted molar refractivity (Wildman–Crippen MR) is 165 cm³/mol. The number of aryl methyl sites for hydroxylation is 1. The molecule has 0 aliphatic heterocycles. The second kappa shape index (κ2) is 15.1. The molecule has 0 bridgehead atoms. The van der Waals surface area contributed by atoms with E-state index in [1.165, 1.54) is 0 Å². The van der Waals surface area contributed by atoms with Crippen molar-refractivity contribution in [3.05, 3.63) is 91.9 Å². The smallest absolute Gasteiger partial charge is 0.227 e. The monoisotopic (exact) mass is 618 g/mol. The lowest BCUT2D eigenvalue weighted by Gasteiger charge is -2.28. The zero-order valence-corrected chi connectivity index (χ0v) is 25.8. The molecule has 1 amide bonds. The molecule has 1 aliphatic carbocycles. The van der Waals surface area contributed by atoms with E-state index in [0.29, 0.717) is 59.4 Å². The van der Waals surface area contributed by atoms with Gasteiger partial charge < -0.3 is 24.8 Å². The number of hydrogen-bond acceptors (Lipinski definition) is 5. The Hall–Kier alpha value is -2.48. The maximum absolute atomic E-state index is 13.7. The summed E-state index contributed by atoms with van der Waals surface area (Å²) in [5, 5.41) is 1.62. The number of carbonyl (C=O) groups excluding carboxylic acids is 1. The standard InChI is InChI=1S/C32H37Cl3N2O4/c1-21-15-29(34)31(30(35)16-21)41-14-13-40-27-8-3-22(4-9-27)17-24(19-36)32(38)37(26-6-7-26)20-25-18-23(11-12-39-2)5-10-28(25)33/h3-5,8-10,15-16,18,24,26H,6-7,11-14,17,19-20,36H2,1-2H3. The van der Waals surface area contributed by atoms with Crippen molar-refractivity contribution in [3.8, 4) is 11.5 Å². The Morgan fingerprint density at radius 2 is 1.59 bits per heavy atom. The normalized spacial score (nSPS) is 13.6. The fourth-order valence-corrected chi connectivity index (χ4v) is 5.60. The number of methoxy groups -OCH3 is 1. The van der Waals surface area contributed by atoms with Crippen LogP contribution in [-0.2, 0) is 28.9 Å². The van der Waals surface area contributed by atoms with Gasteiger partial charge in [0.05, 0.1) is 22.6 Å². The molecule has 1 saturated carbocycles. The third kappa shape index (κ3) is 9.00. The number of nitrogens with zero attached hydrogens (tertiary/aromatic N) is 1. The van der Waals surface area contributed by atoms with Crippen LogP contribution in [0.2, 0.25) is 15.1 Å². The molecule has 3 aromatic carbocycles. The highest BCUT2D eigenvalue weighted by molar-refractivity contribution is 6.37. The van der Waals surface area contributed by atoms with Gasteiger partial charge in [-0.2, -0.15) is 0 Å². The van der Waals surface area contributed by atoms with Crippen molar-refractivity contribution >= 4 is 40.7 Å². The van der Waals surface area contributed by atoms with E-state index < -0.39 is 0 Å². The first-order valence-corrected chi connectivity index (χ1v) is 15.0. The van der Waals surface area contributed by atoms with E-state index in [-0.39, 0.29) is 24.4 Å². The number of benzene rings is 3. The number of rotatable bonds is 15. The summed E-state index contributed by atoms with van der Waals surface area (Å²) in [5.74, 6) is 0.905. The van der Waals surface area contributed by atoms with Crippen LogP contribution < -0.4 is 15.2 Å². The molecule has 2 N–H and O–H groups in total. The van der Waals surface area contributed by atoms with Gasteiger partial charge >= 0.3 is 0 Å².